The molecule has 0 unspecified atom stereocenters. The SMILES string of the molecule is O=C1CC=C([O-])N1CCOCCOCCN1C(=O)CC=C1[O-]. The van der Waals surface area contributed by atoms with E-state index in [1.807, 2.05) is 0 Å². The number of rotatable bonds is 9. The van der Waals surface area contributed by atoms with Crippen molar-refractivity contribution in [2.75, 3.05) is 39.5 Å². The minimum absolute atomic E-state index is 0.160. The van der Waals surface area contributed by atoms with Crippen molar-refractivity contribution in [3.63, 3.8) is 0 Å². The summed E-state index contributed by atoms with van der Waals surface area (Å²) >= 11 is 0. The molecule has 0 aromatic rings. The van der Waals surface area contributed by atoms with Gasteiger partial charge in [-0.2, -0.15) is 0 Å². The van der Waals surface area contributed by atoms with Gasteiger partial charge in [0.25, 0.3) is 0 Å². The van der Waals surface area contributed by atoms with E-state index in [0.717, 1.165) is 9.80 Å². The van der Waals surface area contributed by atoms with E-state index in [0.29, 0.717) is 13.2 Å². The molecule has 2 amide bonds. The van der Waals surface area contributed by atoms with Gasteiger partial charge in [-0.3, -0.25) is 9.59 Å². The Bertz CT molecular complexity index is 444. The second kappa shape index (κ2) is 7.81. The van der Waals surface area contributed by atoms with Crippen LogP contribution in [0.1, 0.15) is 12.8 Å². The Morgan fingerprint density at radius 3 is 1.55 bits per heavy atom. The zero-order chi connectivity index (χ0) is 15.9. The number of carbonyl (C=O) groups is 2. The van der Waals surface area contributed by atoms with Crippen molar-refractivity contribution < 1.29 is 29.3 Å². The fourth-order valence-electron chi connectivity index (χ4n) is 2.14. The summed E-state index contributed by atoms with van der Waals surface area (Å²) in [7, 11) is 0. The highest BCUT2D eigenvalue weighted by atomic mass is 16.5. The van der Waals surface area contributed by atoms with Gasteiger partial charge >= 0.3 is 0 Å². The quantitative estimate of drug-likeness (QED) is 0.451. The van der Waals surface area contributed by atoms with Crippen LogP contribution in [0.4, 0.5) is 0 Å². The lowest BCUT2D eigenvalue weighted by Gasteiger charge is -2.24. The second-order valence-corrected chi connectivity index (χ2v) is 4.81. The van der Waals surface area contributed by atoms with Crippen LogP contribution in [0.2, 0.25) is 0 Å². The first-order valence-electron chi connectivity index (χ1n) is 7.10. The first kappa shape index (κ1) is 16.3. The van der Waals surface area contributed by atoms with Crippen LogP contribution >= 0.6 is 0 Å². The average Bonchev–Trinajstić information content (AvgIpc) is 2.98. The van der Waals surface area contributed by atoms with Gasteiger partial charge in [0, 0.05) is 25.9 Å². The highest BCUT2D eigenvalue weighted by Gasteiger charge is 2.17. The topological polar surface area (TPSA) is 105 Å². The largest absolute Gasteiger partial charge is 0.860 e. The molecule has 0 fully saturated rings. The van der Waals surface area contributed by atoms with Gasteiger partial charge in [-0.1, -0.05) is 12.2 Å². The van der Waals surface area contributed by atoms with Gasteiger partial charge in [-0.15, -0.1) is 0 Å². The monoisotopic (exact) mass is 310 g/mol. The number of ether oxygens (including phenoxy) is 2. The van der Waals surface area contributed by atoms with Gasteiger partial charge in [-0.05, 0) is 11.8 Å². The predicted molar refractivity (Wildman–Crippen MR) is 70.5 cm³/mol. The molecule has 122 valence electrons. The van der Waals surface area contributed by atoms with Crippen LogP contribution in [0.15, 0.2) is 23.9 Å². The first-order chi connectivity index (χ1) is 10.6. The Kier molecular flexibility index (Phi) is 5.79. The van der Waals surface area contributed by atoms with E-state index in [4.69, 9.17) is 9.47 Å². The summed E-state index contributed by atoms with van der Waals surface area (Å²) in [5.41, 5.74) is 0. The number of carbonyl (C=O) groups excluding carboxylic acids is 2. The molecule has 2 aliphatic heterocycles. The fraction of sp³-hybridized carbons (Fsp3) is 0.571. The molecule has 2 aliphatic rings. The summed E-state index contributed by atoms with van der Waals surface area (Å²) in [5.74, 6) is -0.966. The molecule has 2 heterocycles. The van der Waals surface area contributed by atoms with Crippen molar-refractivity contribution in [1.29, 1.82) is 0 Å². The molecule has 0 atom stereocenters. The van der Waals surface area contributed by atoms with Crippen LogP contribution in [-0.4, -0.2) is 61.1 Å². The maximum atomic E-state index is 11.3. The molecule has 8 nitrogen and oxygen atoms in total. The summed E-state index contributed by atoms with van der Waals surface area (Å²) in [6.07, 6.45) is 3.02. The Balaban J connectivity index is 1.46. The van der Waals surface area contributed by atoms with Gasteiger partial charge < -0.3 is 29.5 Å². The third-order valence-electron chi connectivity index (χ3n) is 3.33. The van der Waals surface area contributed by atoms with Crippen molar-refractivity contribution in [3.8, 4) is 0 Å². The molecule has 22 heavy (non-hydrogen) atoms. The van der Waals surface area contributed by atoms with Gasteiger partial charge in [0.1, 0.15) is 0 Å². The molecule has 0 N–H and O–H groups in total. The van der Waals surface area contributed by atoms with Crippen LogP contribution in [0.3, 0.4) is 0 Å². The van der Waals surface area contributed by atoms with Gasteiger partial charge in [0.15, 0.2) is 0 Å². The van der Waals surface area contributed by atoms with Crippen molar-refractivity contribution >= 4 is 11.8 Å². The predicted octanol–water partition coefficient (Wildman–Crippen LogP) is -2.11. The zero-order valence-electron chi connectivity index (χ0n) is 12.2. The lowest BCUT2D eigenvalue weighted by Crippen LogP contribution is -2.34. The minimum Gasteiger partial charge on any atom is -0.860 e. The second-order valence-electron chi connectivity index (χ2n) is 4.81. The Hall–Kier alpha value is -2.06. The summed E-state index contributed by atoms with van der Waals surface area (Å²) < 4.78 is 10.5. The molecule has 0 aliphatic carbocycles. The van der Waals surface area contributed by atoms with E-state index in [-0.39, 0.29) is 62.7 Å². The molecule has 0 radical (unpaired) electrons. The molecule has 0 spiro atoms. The highest BCUT2D eigenvalue weighted by Crippen LogP contribution is 2.11. The molecule has 0 saturated carbocycles. The van der Waals surface area contributed by atoms with E-state index < -0.39 is 0 Å². The smallest absolute Gasteiger partial charge is 0.229 e. The summed E-state index contributed by atoms with van der Waals surface area (Å²) in [4.78, 5) is 24.9. The van der Waals surface area contributed by atoms with E-state index in [1.165, 1.54) is 12.2 Å². The average molecular weight is 310 g/mol. The van der Waals surface area contributed by atoms with Crippen LogP contribution in [-0.2, 0) is 19.1 Å². The number of hydrogen-bond donors (Lipinski definition) is 0. The minimum atomic E-state index is -0.276. The summed E-state index contributed by atoms with van der Waals surface area (Å²) in [6, 6.07) is 0. The normalized spacial score (nSPS) is 18.2. The maximum Gasteiger partial charge on any atom is 0.229 e. The van der Waals surface area contributed by atoms with Crippen LogP contribution in [0.5, 0.6) is 0 Å². The highest BCUT2D eigenvalue weighted by molar-refractivity contribution is 5.82. The number of amides is 2. The zero-order valence-corrected chi connectivity index (χ0v) is 12.2. The lowest BCUT2D eigenvalue weighted by molar-refractivity contribution is -0.328. The third-order valence-corrected chi connectivity index (χ3v) is 3.33. The summed E-state index contributed by atoms with van der Waals surface area (Å²) in [5, 5.41) is 22.6. The Morgan fingerprint density at radius 1 is 0.818 bits per heavy atom. The lowest BCUT2D eigenvalue weighted by atomic mass is 10.4. The van der Waals surface area contributed by atoms with Gasteiger partial charge in [0.05, 0.1) is 26.4 Å². The van der Waals surface area contributed by atoms with Gasteiger partial charge in [0.2, 0.25) is 11.8 Å². The maximum absolute atomic E-state index is 11.3. The molecule has 8 heteroatoms. The van der Waals surface area contributed by atoms with Crippen molar-refractivity contribution in [1.82, 2.24) is 9.80 Å². The van der Waals surface area contributed by atoms with Crippen molar-refractivity contribution in [3.05, 3.63) is 23.9 Å². The molecule has 2 rings (SSSR count). The van der Waals surface area contributed by atoms with Crippen LogP contribution in [0.25, 0.3) is 0 Å². The van der Waals surface area contributed by atoms with E-state index >= 15 is 0 Å². The fourth-order valence-corrected chi connectivity index (χ4v) is 2.14. The number of hydrogen-bond acceptors (Lipinski definition) is 6. The van der Waals surface area contributed by atoms with Crippen LogP contribution in [0, 0.1) is 0 Å². The molecular weight excluding hydrogens is 292 g/mol. The molecule has 0 saturated heterocycles. The van der Waals surface area contributed by atoms with Crippen LogP contribution < -0.4 is 10.2 Å². The van der Waals surface area contributed by atoms with Crippen molar-refractivity contribution in [2.45, 2.75) is 12.8 Å². The van der Waals surface area contributed by atoms with E-state index in [2.05, 4.69) is 0 Å². The van der Waals surface area contributed by atoms with E-state index in [1.54, 1.807) is 0 Å². The Labute approximate surface area is 128 Å². The molecule has 0 aromatic carbocycles. The van der Waals surface area contributed by atoms with E-state index in [9.17, 15) is 19.8 Å². The summed E-state index contributed by atoms with van der Waals surface area (Å²) in [6.45, 7) is 1.61. The van der Waals surface area contributed by atoms with Gasteiger partial charge in [-0.25, -0.2) is 0 Å². The Morgan fingerprint density at radius 2 is 1.23 bits per heavy atom. The molecule has 0 bridgehead atoms. The standard InChI is InChI=1S/C14H20N2O6/c17-11-1-2-12(18)15(11)5-7-21-9-10-22-8-6-16-13(19)3-4-14(16)20/h1,3,17,19H,2,4-10H2/p-2. The van der Waals surface area contributed by atoms with Crippen molar-refractivity contribution in [2.24, 2.45) is 0 Å². The first-order valence-corrected chi connectivity index (χ1v) is 7.10. The third kappa shape index (κ3) is 4.22. The molecule has 0 aromatic heterocycles. The molecular formula is C14H18N2O6-2. The number of nitrogens with zero attached hydrogens (tertiary/aromatic N) is 2.